The lowest BCUT2D eigenvalue weighted by Crippen LogP contribution is -2.39. The maximum atomic E-state index is 5.75. The number of anilines is 2. The summed E-state index contributed by atoms with van der Waals surface area (Å²) in [6, 6.07) is 5.41. The molecular weight excluding hydrogens is 260 g/mol. The van der Waals surface area contributed by atoms with Crippen LogP contribution in [0.5, 0.6) is 0 Å². The summed E-state index contributed by atoms with van der Waals surface area (Å²) in [5.74, 6) is 11.0. The molecule has 0 aromatic heterocycles. The van der Waals surface area contributed by atoms with E-state index in [1.165, 1.54) is 5.01 Å². The van der Waals surface area contributed by atoms with Crippen molar-refractivity contribution in [3.8, 4) is 0 Å². The van der Waals surface area contributed by atoms with Crippen LogP contribution in [0.2, 0.25) is 0 Å². The van der Waals surface area contributed by atoms with Crippen molar-refractivity contribution in [2.75, 3.05) is 18.1 Å². The van der Waals surface area contributed by atoms with Crippen molar-refractivity contribution in [2.45, 2.75) is 0 Å². The van der Waals surface area contributed by atoms with E-state index >= 15 is 0 Å². The van der Waals surface area contributed by atoms with Gasteiger partial charge in [-0.2, -0.15) is 0 Å². The van der Waals surface area contributed by atoms with Gasteiger partial charge < -0.3 is 16.9 Å². The SMILES string of the molecule is CN(N)/C(=N\N)Nc1cc(Br)ccc1N. The van der Waals surface area contributed by atoms with Crippen LogP contribution in [0.3, 0.4) is 0 Å². The Kier molecular flexibility index (Phi) is 3.75. The van der Waals surface area contributed by atoms with Gasteiger partial charge in [0.1, 0.15) is 0 Å². The fourth-order valence-electron chi connectivity index (χ4n) is 0.969. The van der Waals surface area contributed by atoms with E-state index in [0.717, 1.165) is 4.47 Å². The number of hydrazone groups is 1. The minimum atomic E-state index is 0.319. The van der Waals surface area contributed by atoms with Crippen molar-refractivity contribution in [1.82, 2.24) is 5.01 Å². The molecule has 82 valence electrons. The van der Waals surface area contributed by atoms with Crippen LogP contribution in [0.4, 0.5) is 11.4 Å². The molecular formula is C8H13BrN6. The largest absolute Gasteiger partial charge is 0.397 e. The van der Waals surface area contributed by atoms with Crippen molar-refractivity contribution in [3.05, 3.63) is 22.7 Å². The molecule has 0 unspecified atom stereocenters. The van der Waals surface area contributed by atoms with Crippen molar-refractivity contribution >= 4 is 33.3 Å². The summed E-state index contributed by atoms with van der Waals surface area (Å²) in [5, 5.41) is 7.66. The highest BCUT2D eigenvalue weighted by atomic mass is 79.9. The van der Waals surface area contributed by atoms with Crippen LogP contribution < -0.4 is 22.7 Å². The summed E-state index contributed by atoms with van der Waals surface area (Å²) >= 11 is 3.33. The lowest BCUT2D eigenvalue weighted by molar-refractivity contribution is 0.535. The van der Waals surface area contributed by atoms with Crippen LogP contribution in [-0.4, -0.2) is 18.0 Å². The Balaban J connectivity index is 2.93. The first-order chi connectivity index (χ1) is 7.04. The molecule has 0 radical (unpaired) electrons. The maximum absolute atomic E-state index is 5.75. The van der Waals surface area contributed by atoms with Gasteiger partial charge in [0.25, 0.3) is 0 Å². The van der Waals surface area contributed by atoms with Crippen molar-refractivity contribution in [2.24, 2.45) is 16.8 Å². The number of hydrogen-bond donors (Lipinski definition) is 4. The Hall–Kier alpha value is -1.47. The molecule has 0 spiro atoms. The van der Waals surface area contributed by atoms with Gasteiger partial charge in [-0.05, 0) is 18.2 Å². The number of guanidine groups is 1. The van der Waals surface area contributed by atoms with Crippen LogP contribution in [0.25, 0.3) is 0 Å². The zero-order valence-electron chi connectivity index (χ0n) is 8.24. The van der Waals surface area contributed by atoms with Gasteiger partial charge in [0.2, 0.25) is 5.96 Å². The van der Waals surface area contributed by atoms with Crippen molar-refractivity contribution in [1.29, 1.82) is 0 Å². The smallest absolute Gasteiger partial charge is 0.234 e. The molecule has 0 aliphatic rings. The normalized spacial score (nSPS) is 11.3. The Bertz CT molecular complexity index is 375. The fourth-order valence-corrected chi connectivity index (χ4v) is 1.33. The predicted octanol–water partition coefficient (Wildman–Crippen LogP) is 0.478. The van der Waals surface area contributed by atoms with E-state index in [-0.39, 0.29) is 0 Å². The fraction of sp³-hybridized carbons (Fsp3) is 0.125. The maximum Gasteiger partial charge on any atom is 0.234 e. The molecule has 0 fully saturated rings. The number of nitrogens with two attached hydrogens (primary N) is 3. The molecule has 0 atom stereocenters. The van der Waals surface area contributed by atoms with E-state index in [0.29, 0.717) is 17.3 Å². The lowest BCUT2D eigenvalue weighted by atomic mass is 10.3. The first kappa shape index (κ1) is 11.6. The van der Waals surface area contributed by atoms with E-state index in [2.05, 4.69) is 26.3 Å². The quantitative estimate of drug-likeness (QED) is 0.196. The number of halogens is 1. The van der Waals surface area contributed by atoms with Crippen LogP contribution in [0, 0.1) is 0 Å². The third kappa shape index (κ3) is 3.00. The Morgan fingerprint density at radius 1 is 1.53 bits per heavy atom. The first-order valence-corrected chi connectivity index (χ1v) is 4.92. The second-order valence-corrected chi connectivity index (χ2v) is 3.84. The van der Waals surface area contributed by atoms with Gasteiger partial charge in [-0.25, -0.2) is 5.84 Å². The zero-order chi connectivity index (χ0) is 11.4. The third-order valence-electron chi connectivity index (χ3n) is 1.72. The molecule has 0 bridgehead atoms. The highest BCUT2D eigenvalue weighted by Crippen LogP contribution is 2.23. The monoisotopic (exact) mass is 272 g/mol. The average Bonchev–Trinajstić information content (AvgIpc) is 2.18. The van der Waals surface area contributed by atoms with Gasteiger partial charge in [0.05, 0.1) is 11.4 Å². The molecule has 0 aliphatic carbocycles. The van der Waals surface area contributed by atoms with Gasteiger partial charge in [-0.15, -0.1) is 5.10 Å². The third-order valence-corrected chi connectivity index (χ3v) is 2.21. The Morgan fingerprint density at radius 2 is 2.20 bits per heavy atom. The Morgan fingerprint density at radius 3 is 2.73 bits per heavy atom. The number of nitrogens with zero attached hydrogens (tertiary/aromatic N) is 2. The molecule has 0 amide bonds. The minimum absolute atomic E-state index is 0.319. The second-order valence-electron chi connectivity index (χ2n) is 2.92. The molecule has 6 nitrogen and oxygen atoms in total. The van der Waals surface area contributed by atoms with E-state index in [1.807, 2.05) is 12.1 Å². The number of hydrogen-bond acceptors (Lipinski definition) is 4. The standard InChI is InChI=1S/C8H13BrN6/c1-15(12)8(14-11)13-7-4-5(9)2-3-6(7)10/h2-4H,10-12H2,1H3,(H,13,14). The molecule has 1 aromatic rings. The molecule has 7 N–H and O–H groups in total. The van der Waals surface area contributed by atoms with Crippen molar-refractivity contribution < 1.29 is 0 Å². The summed E-state index contributed by atoms with van der Waals surface area (Å²) in [4.78, 5) is 0. The highest BCUT2D eigenvalue weighted by molar-refractivity contribution is 9.10. The van der Waals surface area contributed by atoms with Crippen LogP contribution >= 0.6 is 15.9 Å². The molecule has 0 aliphatic heterocycles. The highest BCUT2D eigenvalue weighted by Gasteiger charge is 2.05. The molecule has 0 heterocycles. The number of hydrazine groups is 1. The molecule has 15 heavy (non-hydrogen) atoms. The molecule has 7 heteroatoms. The van der Waals surface area contributed by atoms with Crippen LogP contribution in [-0.2, 0) is 0 Å². The lowest BCUT2D eigenvalue weighted by Gasteiger charge is -2.16. The van der Waals surface area contributed by atoms with E-state index in [1.54, 1.807) is 13.1 Å². The van der Waals surface area contributed by atoms with Gasteiger partial charge >= 0.3 is 0 Å². The molecule has 1 aromatic carbocycles. The van der Waals surface area contributed by atoms with E-state index < -0.39 is 0 Å². The number of rotatable bonds is 1. The summed E-state index contributed by atoms with van der Waals surface area (Å²) in [7, 11) is 1.62. The minimum Gasteiger partial charge on any atom is -0.397 e. The Labute approximate surface area is 96.2 Å². The summed E-state index contributed by atoms with van der Waals surface area (Å²) in [6.45, 7) is 0. The topological polar surface area (TPSA) is 106 Å². The number of nitrogen functional groups attached to an aromatic ring is 1. The van der Waals surface area contributed by atoms with Gasteiger partial charge in [-0.1, -0.05) is 15.9 Å². The first-order valence-electron chi connectivity index (χ1n) is 4.13. The van der Waals surface area contributed by atoms with Crippen LogP contribution in [0.1, 0.15) is 0 Å². The predicted molar refractivity (Wildman–Crippen MR) is 65.7 cm³/mol. The summed E-state index contributed by atoms with van der Waals surface area (Å²) in [5.41, 5.74) is 7.02. The van der Waals surface area contributed by atoms with Crippen molar-refractivity contribution in [3.63, 3.8) is 0 Å². The summed E-state index contributed by atoms with van der Waals surface area (Å²) < 4.78 is 0.898. The van der Waals surface area contributed by atoms with E-state index in [4.69, 9.17) is 17.4 Å². The molecule has 1 rings (SSSR count). The molecule has 0 saturated heterocycles. The van der Waals surface area contributed by atoms with Crippen LogP contribution in [0.15, 0.2) is 27.8 Å². The second kappa shape index (κ2) is 4.85. The van der Waals surface area contributed by atoms with Gasteiger partial charge in [0.15, 0.2) is 0 Å². The zero-order valence-corrected chi connectivity index (χ0v) is 9.82. The molecule has 0 saturated carbocycles. The van der Waals surface area contributed by atoms with Gasteiger partial charge in [0, 0.05) is 11.5 Å². The van der Waals surface area contributed by atoms with Gasteiger partial charge in [-0.3, -0.25) is 5.01 Å². The summed E-state index contributed by atoms with van der Waals surface area (Å²) in [6.07, 6.45) is 0. The average molecular weight is 273 g/mol. The van der Waals surface area contributed by atoms with E-state index in [9.17, 15) is 0 Å². The number of benzene rings is 1. The number of nitrogens with one attached hydrogen (secondary N) is 1.